The number of carbonyl (C=O) groups excluding carboxylic acids is 1. The Balaban J connectivity index is 1.68. The van der Waals surface area contributed by atoms with Gasteiger partial charge in [0.15, 0.2) is 0 Å². The highest BCUT2D eigenvalue weighted by molar-refractivity contribution is 6.34. The van der Waals surface area contributed by atoms with Gasteiger partial charge in [-0.05, 0) is 50.7 Å². The predicted molar refractivity (Wildman–Crippen MR) is 123 cm³/mol. The second kappa shape index (κ2) is 9.74. The van der Waals surface area contributed by atoms with Crippen molar-refractivity contribution in [2.24, 2.45) is 5.92 Å². The lowest BCUT2D eigenvalue weighted by atomic mass is 9.89. The minimum absolute atomic E-state index is 0.0224. The molecule has 2 aromatic heterocycles. The molecule has 162 valence electrons. The van der Waals surface area contributed by atoms with Crippen molar-refractivity contribution in [3.63, 3.8) is 0 Å². The first kappa shape index (κ1) is 21.7. The molecule has 30 heavy (non-hydrogen) atoms. The number of amides is 1. The van der Waals surface area contributed by atoms with E-state index in [0.717, 1.165) is 41.9 Å². The Morgan fingerprint density at radius 1 is 1.07 bits per heavy atom. The zero-order valence-electron chi connectivity index (χ0n) is 17.7. The van der Waals surface area contributed by atoms with Gasteiger partial charge in [0, 0.05) is 30.0 Å². The van der Waals surface area contributed by atoms with Gasteiger partial charge in [-0.3, -0.25) is 4.79 Å². The summed E-state index contributed by atoms with van der Waals surface area (Å²) >= 11 is 12.7. The molecular formula is C24H31Cl2N3O. The average molecular weight is 448 g/mol. The van der Waals surface area contributed by atoms with Crippen LogP contribution in [0.15, 0.2) is 18.3 Å². The van der Waals surface area contributed by atoms with Crippen LogP contribution in [0.5, 0.6) is 0 Å². The van der Waals surface area contributed by atoms with Crippen LogP contribution in [0.1, 0.15) is 80.3 Å². The van der Waals surface area contributed by atoms with E-state index in [9.17, 15) is 4.79 Å². The molecule has 0 aromatic carbocycles. The summed E-state index contributed by atoms with van der Waals surface area (Å²) in [5.74, 6) is 0.651. The zero-order chi connectivity index (χ0) is 21.1. The molecule has 2 heterocycles. The minimum atomic E-state index is 0.0224. The maximum atomic E-state index is 13.2. The van der Waals surface area contributed by atoms with Crippen molar-refractivity contribution >= 4 is 29.1 Å². The van der Waals surface area contributed by atoms with Crippen LogP contribution in [0.3, 0.4) is 0 Å². The standard InChI is InChI=1S/C24H31Cl2N3O/c1-16-20(24(30)28-19-10-6-3-7-11-19)13-22(21-12-18(25)14-27-23(21)26)29(16)15-17-8-4-2-5-9-17/h12-14,17,19H,2-11,15H2,1H3,(H,28,30). The third kappa shape index (κ3) is 4.86. The first-order valence-electron chi connectivity index (χ1n) is 11.4. The lowest BCUT2D eigenvalue weighted by molar-refractivity contribution is 0.0927. The summed E-state index contributed by atoms with van der Waals surface area (Å²) < 4.78 is 2.27. The Morgan fingerprint density at radius 2 is 1.73 bits per heavy atom. The van der Waals surface area contributed by atoms with E-state index in [1.807, 2.05) is 19.1 Å². The van der Waals surface area contributed by atoms with Crippen molar-refractivity contribution < 1.29 is 4.79 Å². The van der Waals surface area contributed by atoms with Gasteiger partial charge < -0.3 is 9.88 Å². The van der Waals surface area contributed by atoms with Crippen molar-refractivity contribution in [2.45, 2.75) is 83.7 Å². The van der Waals surface area contributed by atoms with Crippen molar-refractivity contribution in [1.82, 2.24) is 14.9 Å². The van der Waals surface area contributed by atoms with Gasteiger partial charge in [-0.15, -0.1) is 0 Å². The molecule has 0 spiro atoms. The summed E-state index contributed by atoms with van der Waals surface area (Å²) in [4.78, 5) is 17.4. The van der Waals surface area contributed by atoms with Crippen molar-refractivity contribution in [3.05, 3.63) is 39.8 Å². The van der Waals surface area contributed by atoms with Crippen LogP contribution in [-0.2, 0) is 6.54 Å². The fourth-order valence-electron chi connectivity index (χ4n) is 5.07. The second-order valence-electron chi connectivity index (χ2n) is 8.94. The highest BCUT2D eigenvalue weighted by atomic mass is 35.5. The largest absolute Gasteiger partial charge is 0.349 e. The van der Waals surface area contributed by atoms with Gasteiger partial charge in [-0.1, -0.05) is 61.7 Å². The normalized spacial score (nSPS) is 18.5. The first-order chi connectivity index (χ1) is 14.5. The molecular weight excluding hydrogens is 417 g/mol. The molecule has 0 atom stereocenters. The van der Waals surface area contributed by atoms with Crippen LogP contribution in [-0.4, -0.2) is 21.5 Å². The van der Waals surface area contributed by atoms with E-state index in [0.29, 0.717) is 16.1 Å². The van der Waals surface area contributed by atoms with E-state index in [4.69, 9.17) is 23.2 Å². The number of hydrogen-bond donors (Lipinski definition) is 1. The number of hydrogen-bond acceptors (Lipinski definition) is 2. The second-order valence-corrected chi connectivity index (χ2v) is 9.74. The molecule has 0 radical (unpaired) electrons. The number of halogens is 2. The quantitative estimate of drug-likeness (QED) is 0.511. The minimum Gasteiger partial charge on any atom is -0.349 e. The Hall–Kier alpha value is -1.52. The number of nitrogens with zero attached hydrogens (tertiary/aromatic N) is 2. The number of aromatic nitrogens is 2. The van der Waals surface area contributed by atoms with Crippen LogP contribution < -0.4 is 5.32 Å². The van der Waals surface area contributed by atoms with Gasteiger partial charge in [-0.2, -0.15) is 0 Å². The van der Waals surface area contributed by atoms with Crippen LogP contribution in [0.25, 0.3) is 11.3 Å². The molecule has 0 bridgehead atoms. The smallest absolute Gasteiger partial charge is 0.253 e. The molecule has 0 unspecified atom stereocenters. The van der Waals surface area contributed by atoms with Crippen molar-refractivity contribution in [2.75, 3.05) is 0 Å². The van der Waals surface area contributed by atoms with Gasteiger partial charge in [0.05, 0.1) is 16.3 Å². The van der Waals surface area contributed by atoms with Crippen molar-refractivity contribution in [1.29, 1.82) is 0 Å². The average Bonchev–Trinajstić information content (AvgIpc) is 3.07. The van der Waals surface area contributed by atoms with Crippen molar-refractivity contribution in [3.8, 4) is 11.3 Å². The van der Waals surface area contributed by atoms with E-state index in [-0.39, 0.29) is 11.9 Å². The molecule has 1 amide bonds. The maximum Gasteiger partial charge on any atom is 0.253 e. The Morgan fingerprint density at radius 3 is 2.43 bits per heavy atom. The van der Waals surface area contributed by atoms with E-state index >= 15 is 0 Å². The van der Waals surface area contributed by atoms with E-state index < -0.39 is 0 Å². The third-order valence-electron chi connectivity index (χ3n) is 6.80. The van der Waals surface area contributed by atoms with Gasteiger partial charge >= 0.3 is 0 Å². The topological polar surface area (TPSA) is 46.9 Å². The molecule has 6 heteroatoms. The van der Waals surface area contributed by atoms with Gasteiger partial charge in [-0.25, -0.2) is 4.98 Å². The molecule has 2 saturated carbocycles. The zero-order valence-corrected chi connectivity index (χ0v) is 19.2. The summed E-state index contributed by atoms with van der Waals surface area (Å²) in [6.07, 6.45) is 13.7. The summed E-state index contributed by atoms with van der Waals surface area (Å²) in [6.45, 7) is 2.95. The molecule has 2 aliphatic rings. The molecule has 1 N–H and O–H groups in total. The molecule has 2 aliphatic carbocycles. The van der Waals surface area contributed by atoms with Crippen LogP contribution >= 0.6 is 23.2 Å². The Kier molecular flexibility index (Phi) is 7.05. The summed E-state index contributed by atoms with van der Waals surface area (Å²) in [6, 6.07) is 4.12. The van der Waals surface area contributed by atoms with Crippen LogP contribution in [0.4, 0.5) is 0 Å². The highest BCUT2D eigenvalue weighted by Gasteiger charge is 2.25. The molecule has 2 aromatic rings. The number of carbonyl (C=O) groups is 1. The molecule has 0 saturated heterocycles. The number of pyridine rings is 1. The third-order valence-corrected chi connectivity index (χ3v) is 7.31. The van der Waals surface area contributed by atoms with Crippen LogP contribution in [0, 0.1) is 12.8 Å². The first-order valence-corrected chi connectivity index (χ1v) is 12.1. The van der Waals surface area contributed by atoms with E-state index in [1.54, 1.807) is 6.20 Å². The van der Waals surface area contributed by atoms with E-state index in [1.165, 1.54) is 51.4 Å². The summed E-state index contributed by atoms with van der Waals surface area (Å²) in [7, 11) is 0. The Labute approximate surface area is 189 Å². The monoisotopic (exact) mass is 447 g/mol. The SMILES string of the molecule is Cc1c(C(=O)NC2CCCCC2)cc(-c2cc(Cl)cnc2Cl)n1CC1CCCCC1. The Bertz CT molecular complexity index is 896. The van der Waals surface area contributed by atoms with E-state index in [2.05, 4.69) is 14.9 Å². The fourth-order valence-corrected chi connectivity index (χ4v) is 5.43. The van der Waals surface area contributed by atoms with Gasteiger partial charge in [0.25, 0.3) is 5.91 Å². The lowest BCUT2D eigenvalue weighted by Gasteiger charge is -2.25. The summed E-state index contributed by atoms with van der Waals surface area (Å²) in [5, 5.41) is 4.24. The van der Waals surface area contributed by atoms with Gasteiger partial charge in [0.2, 0.25) is 0 Å². The maximum absolute atomic E-state index is 13.2. The predicted octanol–water partition coefficient (Wildman–Crippen LogP) is 6.81. The fraction of sp³-hybridized carbons (Fsp3) is 0.583. The molecule has 4 nitrogen and oxygen atoms in total. The number of nitrogens with one attached hydrogen (secondary N) is 1. The lowest BCUT2D eigenvalue weighted by Crippen LogP contribution is -2.36. The molecule has 0 aliphatic heterocycles. The molecule has 2 fully saturated rings. The number of rotatable bonds is 5. The summed E-state index contributed by atoms with van der Waals surface area (Å²) in [5.41, 5.74) is 3.47. The van der Waals surface area contributed by atoms with Gasteiger partial charge in [0.1, 0.15) is 5.15 Å². The van der Waals surface area contributed by atoms with Crippen LogP contribution in [0.2, 0.25) is 10.2 Å². The highest BCUT2D eigenvalue weighted by Crippen LogP contribution is 2.35. The molecule has 4 rings (SSSR count).